The molecule has 0 radical (unpaired) electrons. The van der Waals surface area contributed by atoms with Crippen LogP contribution in [0, 0.1) is 6.92 Å². The molecule has 9 heteroatoms. The minimum atomic E-state index is -0.230. The standard InChI is InChI=1S/C17H20N4O3S2/c1-11-4-6-12(7-5-11)15(23)19-16-20-21-17(26-16)25-10-14(22)18-9-13-3-2-8-24-13/h4-7,13H,2-3,8-10H2,1H3,(H,18,22)(H,19,20,23)/t13-/m0/s1. The van der Waals surface area contributed by atoms with Crippen molar-refractivity contribution < 1.29 is 14.3 Å². The zero-order chi connectivity index (χ0) is 18.4. The molecule has 2 N–H and O–H groups in total. The lowest BCUT2D eigenvalue weighted by atomic mass is 10.1. The minimum absolute atomic E-state index is 0.0639. The maximum Gasteiger partial charge on any atom is 0.257 e. The van der Waals surface area contributed by atoms with E-state index in [9.17, 15) is 9.59 Å². The van der Waals surface area contributed by atoms with E-state index >= 15 is 0 Å². The van der Waals surface area contributed by atoms with Gasteiger partial charge in [0.15, 0.2) is 4.34 Å². The Bertz CT molecular complexity index is 758. The summed E-state index contributed by atoms with van der Waals surface area (Å²) in [6.45, 7) is 3.29. The normalized spacial score (nSPS) is 16.4. The molecule has 2 amide bonds. The second-order valence-corrected chi connectivity index (χ2v) is 8.12. The number of aryl methyl sites for hydroxylation is 1. The van der Waals surface area contributed by atoms with Crippen LogP contribution in [-0.2, 0) is 9.53 Å². The van der Waals surface area contributed by atoms with Gasteiger partial charge in [0.1, 0.15) is 0 Å². The quantitative estimate of drug-likeness (QED) is 0.555. The first-order chi connectivity index (χ1) is 12.6. The van der Waals surface area contributed by atoms with Gasteiger partial charge in [-0.1, -0.05) is 40.8 Å². The van der Waals surface area contributed by atoms with Crippen LogP contribution in [0.1, 0.15) is 28.8 Å². The number of ether oxygens (including phenoxy) is 1. The first kappa shape index (κ1) is 18.8. The minimum Gasteiger partial charge on any atom is -0.376 e. The smallest absolute Gasteiger partial charge is 0.257 e. The molecule has 0 spiro atoms. The molecule has 0 bridgehead atoms. The molecule has 7 nitrogen and oxygen atoms in total. The van der Waals surface area contributed by atoms with Gasteiger partial charge in [0, 0.05) is 18.7 Å². The van der Waals surface area contributed by atoms with Gasteiger partial charge in [0.05, 0.1) is 11.9 Å². The van der Waals surface area contributed by atoms with Crippen LogP contribution in [0.2, 0.25) is 0 Å². The van der Waals surface area contributed by atoms with Gasteiger partial charge in [-0.25, -0.2) is 0 Å². The van der Waals surface area contributed by atoms with Crippen LogP contribution < -0.4 is 10.6 Å². The molecule has 0 aliphatic carbocycles. The summed E-state index contributed by atoms with van der Waals surface area (Å²) < 4.78 is 6.10. The fourth-order valence-electron chi connectivity index (χ4n) is 2.40. The number of carbonyl (C=O) groups is 2. The van der Waals surface area contributed by atoms with Gasteiger partial charge in [0.2, 0.25) is 11.0 Å². The molecule has 3 rings (SSSR count). The Kier molecular flexibility index (Phi) is 6.59. The van der Waals surface area contributed by atoms with E-state index in [-0.39, 0.29) is 23.7 Å². The van der Waals surface area contributed by atoms with Gasteiger partial charge in [-0.3, -0.25) is 14.9 Å². The van der Waals surface area contributed by atoms with Crippen LogP contribution in [0.3, 0.4) is 0 Å². The molecule has 0 saturated carbocycles. The SMILES string of the molecule is Cc1ccc(C(=O)Nc2nnc(SCC(=O)NC[C@@H]3CCCO3)s2)cc1. The van der Waals surface area contributed by atoms with Crippen molar-refractivity contribution in [2.75, 3.05) is 24.2 Å². The Balaban J connectivity index is 1.43. The van der Waals surface area contributed by atoms with E-state index in [2.05, 4.69) is 20.8 Å². The van der Waals surface area contributed by atoms with Crippen molar-refractivity contribution >= 4 is 40.0 Å². The number of benzene rings is 1. The molecule has 1 saturated heterocycles. The van der Waals surface area contributed by atoms with Crippen molar-refractivity contribution in [3.8, 4) is 0 Å². The molecule has 1 aliphatic rings. The maximum atomic E-state index is 12.2. The highest BCUT2D eigenvalue weighted by atomic mass is 32.2. The van der Waals surface area contributed by atoms with E-state index in [0.29, 0.717) is 21.6 Å². The zero-order valence-corrected chi connectivity index (χ0v) is 16.0. The summed E-state index contributed by atoms with van der Waals surface area (Å²) in [6, 6.07) is 7.29. The lowest BCUT2D eigenvalue weighted by Crippen LogP contribution is -2.32. The molecule has 1 atom stereocenters. The van der Waals surface area contributed by atoms with Crippen molar-refractivity contribution in [1.82, 2.24) is 15.5 Å². The molecule has 2 heterocycles. The van der Waals surface area contributed by atoms with Gasteiger partial charge in [-0.05, 0) is 31.9 Å². The summed E-state index contributed by atoms with van der Waals surface area (Å²) in [5.41, 5.74) is 1.66. The highest BCUT2D eigenvalue weighted by Crippen LogP contribution is 2.25. The summed E-state index contributed by atoms with van der Waals surface area (Å²) in [7, 11) is 0. The number of hydrogen-bond donors (Lipinski definition) is 2. The van der Waals surface area contributed by atoms with Crippen molar-refractivity contribution in [3.63, 3.8) is 0 Å². The summed E-state index contributed by atoms with van der Waals surface area (Å²) in [5, 5.41) is 13.9. The van der Waals surface area contributed by atoms with Crippen LogP contribution in [0.15, 0.2) is 28.6 Å². The maximum absolute atomic E-state index is 12.2. The van der Waals surface area contributed by atoms with Crippen LogP contribution in [0.5, 0.6) is 0 Å². The fourth-order valence-corrected chi connectivity index (χ4v) is 3.98. The van der Waals surface area contributed by atoms with Crippen LogP contribution in [0.25, 0.3) is 0 Å². The van der Waals surface area contributed by atoms with E-state index in [0.717, 1.165) is 25.0 Å². The third-order valence-corrected chi connectivity index (χ3v) is 5.79. The lowest BCUT2D eigenvalue weighted by Gasteiger charge is -2.09. The van der Waals surface area contributed by atoms with Crippen molar-refractivity contribution in [3.05, 3.63) is 35.4 Å². The van der Waals surface area contributed by atoms with E-state index in [4.69, 9.17) is 4.74 Å². The first-order valence-corrected chi connectivity index (χ1v) is 10.1. The summed E-state index contributed by atoms with van der Waals surface area (Å²) >= 11 is 2.55. The van der Waals surface area contributed by atoms with E-state index in [1.807, 2.05) is 19.1 Å². The Hall–Kier alpha value is -1.97. The molecule has 1 aromatic heterocycles. The number of rotatable bonds is 7. The van der Waals surface area contributed by atoms with E-state index in [1.165, 1.54) is 23.1 Å². The molecule has 2 aromatic rings. The van der Waals surface area contributed by atoms with Crippen LogP contribution in [-0.4, -0.2) is 47.0 Å². The highest BCUT2D eigenvalue weighted by molar-refractivity contribution is 8.01. The average molecular weight is 393 g/mol. The molecular weight excluding hydrogens is 372 g/mol. The molecule has 1 fully saturated rings. The number of nitrogens with zero attached hydrogens (tertiary/aromatic N) is 2. The van der Waals surface area contributed by atoms with Gasteiger partial charge in [-0.2, -0.15) is 0 Å². The van der Waals surface area contributed by atoms with Crippen LogP contribution in [0.4, 0.5) is 5.13 Å². The zero-order valence-electron chi connectivity index (χ0n) is 14.4. The molecule has 1 aromatic carbocycles. The Labute approximate surface area is 159 Å². The van der Waals surface area contributed by atoms with Gasteiger partial charge < -0.3 is 10.1 Å². The number of amides is 2. The number of hydrogen-bond acceptors (Lipinski definition) is 7. The molecular formula is C17H20N4O3S2. The molecule has 138 valence electrons. The van der Waals surface area contributed by atoms with Crippen molar-refractivity contribution in [2.45, 2.75) is 30.2 Å². The Morgan fingerprint density at radius 3 is 2.85 bits per heavy atom. The number of thioether (sulfide) groups is 1. The first-order valence-electron chi connectivity index (χ1n) is 8.33. The Morgan fingerprint density at radius 1 is 1.31 bits per heavy atom. The van der Waals surface area contributed by atoms with Crippen molar-refractivity contribution in [2.24, 2.45) is 0 Å². The second-order valence-electron chi connectivity index (χ2n) is 5.92. The van der Waals surface area contributed by atoms with E-state index < -0.39 is 0 Å². The van der Waals surface area contributed by atoms with Gasteiger partial charge >= 0.3 is 0 Å². The van der Waals surface area contributed by atoms with Gasteiger partial charge in [0.25, 0.3) is 5.91 Å². The molecule has 26 heavy (non-hydrogen) atoms. The van der Waals surface area contributed by atoms with E-state index in [1.54, 1.807) is 12.1 Å². The van der Waals surface area contributed by atoms with Crippen LogP contribution >= 0.6 is 23.1 Å². The predicted octanol–water partition coefficient (Wildman–Crippen LogP) is 2.49. The predicted molar refractivity (Wildman–Crippen MR) is 102 cm³/mol. The summed E-state index contributed by atoms with van der Waals surface area (Å²) in [5.74, 6) is -0.0364. The second kappa shape index (κ2) is 9.11. The Morgan fingerprint density at radius 2 is 2.12 bits per heavy atom. The molecule has 0 unspecified atom stereocenters. The summed E-state index contributed by atoms with van der Waals surface area (Å²) in [4.78, 5) is 24.0. The lowest BCUT2D eigenvalue weighted by molar-refractivity contribution is -0.119. The fraction of sp³-hybridized carbons (Fsp3) is 0.412. The number of anilines is 1. The van der Waals surface area contributed by atoms with Gasteiger partial charge in [-0.15, -0.1) is 10.2 Å². The highest BCUT2D eigenvalue weighted by Gasteiger charge is 2.16. The monoisotopic (exact) mass is 392 g/mol. The third kappa shape index (κ3) is 5.52. The third-order valence-electron chi connectivity index (χ3n) is 3.82. The number of nitrogens with one attached hydrogen (secondary N) is 2. The molecule has 1 aliphatic heterocycles. The number of carbonyl (C=O) groups excluding carboxylic acids is 2. The number of aromatic nitrogens is 2. The largest absolute Gasteiger partial charge is 0.376 e. The summed E-state index contributed by atoms with van der Waals surface area (Å²) in [6.07, 6.45) is 2.18. The van der Waals surface area contributed by atoms with Crippen molar-refractivity contribution in [1.29, 1.82) is 0 Å². The average Bonchev–Trinajstić information content (AvgIpc) is 3.30. The topological polar surface area (TPSA) is 93.2 Å².